The first-order chi connectivity index (χ1) is 20.5. The van der Waals surface area contributed by atoms with Gasteiger partial charge in [0.1, 0.15) is 0 Å². The summed E-state index contributed by atoms with van der Waals surface area (Å²) in [6, 6.07) is 9.03. The van der Waals surface area contributed by atoms with E-state index in [1.807, 2.05) is 188 Å². The Bertz CT molecular complexity index is 1400. The lowest BCUT2D eigenvalue weighted by atomic mass is 10.1. The summed E-state index contributed by atoms with van der Waals surface area (Å²) in [4.78, 5) is 0. The third-order valence-corrected chi connectivity index (χ3v) is 28.0. The van der Waals surface area contributed by atoms with Crippen molar-refractivity contribution in [2.45, 2.75) is 0 Å². The summed E-state index contributed by atoms with van der Waals surface area (Å²) in [5.74, 6) is 0. The molecule has 0 N–H and O–H groups in total. The summed E-state index contributed by atoms with van der Waals surface area (Å²) >= 11 is 30.9. The highest BCUT2D eigenvalue weighted by atomic mass is 32.3. The summed E-state index contributed by atoms with van der Waals surface area (Å²) < 4.78 is 20.2. The fourth-order valence-corrected chi connectivity index (χ4v) is 26.8. The Balaban J connectivity index is 0.930. The molecule has 0 fully saturated rings. The van der Waals surface area contributed by atoms with Gasteiger partial charge in [0.15, 0.2) is 0 Å². The zero-order chi connectivity index (χ0) is 28.8. The molecule has 0 unspecified atom stereocenters. The van der Waals surface area contributed by atoms with Gasteiger partial charge in [0.05, 0.1) is 59.3 Å². The molecule has 42 heavy (non-hydrogen) atoms. The van der Waals surface area contributed by atoms with E-state index < -0.39 is 0 Å². The van der Waals surface area contributed by atoms with E-state index >= 15 is 0 Å². The monoisotopic (exact) mass is 842 g/mol. The molecule has 0 saturated carbocycles. The average molecular weight is 844 g/mol. The first-order valence-corrected chi connectivity index (χ1v) is 26.5. The number of hydrogen-bond donors (Lipinski definition) is 0. The molecule has 0 bridgehead atoms. The van der Waals surface area contributed by atoms with E-state index in [4.69, 9.17) is 0 Å². The van der Waals surface area contributed by atoms with Crippen LogP contribution in [0.5, 0.6) is 0 Å². The van der Waals surface area contributed by atoms with E-state index in [0.29, 0.717) is 0 Å². The van der Waals surface area contributed by atoms with Crippen molar-refractivity contribution < 1.29 is 0 Å². The van der Waals surface area contributed by atoms with Crippen LogP contribution in [0.2, 0.25) is 0 Å². The predicted octanol–water partition coefficient (Wildman–Crippen LogP) is 15.4. The molecule has 0 atom stereocenters. The minimum absolute atomic E-state index is 1.27. The van der Waals surface area contributed by atoms with Crippen molar-refractivity contribution in [3.8, 4) is 0 Å². The van der Waals surface area contributed by atoms with Crippen LogP contribution in [0, 0.1) is 0 Å². The molecule has 218 valence electrons. The van der Waals surface area contributed by atoms with Gasteiger partial charge in [-0.2, -0.15) is 0 Å². The van der Waals surface area contributed by atoms with Gasteiger partial charge in [0.2, 0.25) is 0 Å². The Kier molecular flexibility index (Phi) is 12.0. The van der Waals surface area contributed by atoms with E-state index in [1.165, 1.54) is 70.4 Å². The Morgan fingerprint density at radius 1 is 0.357 bits per heavy atom. The maximum atomic E-state index is 2.34. The first-order valence-electron chi connectivity index (χ1n) is 11.8. The smallest absolute Gasteiger partial charge is 0.0718 e. The van der Waals surface area contributed by atoms with Crippen molar-refractivity contribution in [2.75, 3.05) is 25.0 Å². The molecule has 6 aliphatic rings. The van der Waals surface area contributed by atoms with Crippen molar-refractivity contribution in [1.82, 2.24) is 0 Å². The fraction of sp³-hybridized carbons (Fsp3) is 0.154. The normalized spacial score (nSPS) is 22.3. The van der Waals surface area contributed by atoms with E-state index in [-0.39, 0.29) is 0 Å². The maximum Gasteiger partial charge on any atom is 0.0718 e. The summed E-state index contributed by atoms with van der Waals surface area (Å²) in [6.45, 7) is 0. The molecular formula is C26H18S16. The third-order valence-electron chi connectivity index (χ3n) is 5.50. The fourth-order valence-electron chi connectivity index (χ4n) is 3.66. The van der Waals surface area contributed by atoms with Crippen LogP contribution >= 0.6 is 188 Å². The van der Waals surface area contributed by atoms with Gasteiger partial charge in [0.25, 0.3) is 0 Å². The number of hydrogen-bond acceptors (Lipinski definition) is 16. The molecule has 7 rings (SSSR count). The van der Waals surface area contributed by atoms with Crippen molar-refractivity contribution >= 4 is 200 Å². The molecule has 6 heterocycles. The van der Waals surface area contributed by atoms with Gasteiger partial charge in [-0.1, -0.05) is 165 Å². The molecule has 0 aromatic heterocycles. The van der Waals surface area contributed by atoms with E-state index in [0.717, 1.165) is 0 Å². The van der Waals surface area contributed by atoms with Crippen molar-refractivity contribution in [3.05, 3.63) is 94.7 Å². The topological polar surface area (TPSA) is 0 Å². The second kappa shape index (κ2) is 15.1. The lowest BCUT2D eigenvalue weighted by Crippen LogP contribution is -1.77. The van der Waals surface area contributed by atoms with Crippen LogP contribution < -0.4 is 0 Å². The second-order valence-electron chi connectivity index (χ2n) is 8.08. The second-order valence-corrected chi connectivity index (χ2v) is 27.3. The molecule has 1 aromatic rings. The van der Waals surface area contributed by atoms with Crippen LogP contribution in [0.3, 0.4) is 0 Å². The van der Waals surface area contributed by atoms with Gasteiger partial charge < -0.3 is 0 Å². The molecule has 0 radical (unpaired) electrons. The van der Waals surface area contributed by atoms with Crippen LogP contribution in [0.15, 0.2) is 83.6 Å². The van der Waals surface area contributed by atoms with Gasteiger partial charge >= 0.3 is 0 Å². The molecule has 6 aliphatic heterocycles. The van der Waals surface area contributed by atoms with E-state index in [9.17, 15) is 0 Å². The number of rotatable bonds is 6. The van der Waals surface area contributed by atoms with Crippen molar-refractivity contribution in [2.24, 2.45) is 0 Å². The van der Waals surface area contributed by atoms with E-state index in [2.05, 4.69) is 61.4 Å². The quantitative estimate of drug-likeness (QED) is 0.266. The van der Waals surface area contributed by atoms with Gasteiger partial charge in [0, 0.05) is 0 Å². The van der Waals surface area contributed by atoms with Crippen LogP contribution in [-0.2, 0) is 0 Å². The van der Waals surface area contributed by atoms with Crippen molar-refractivity contribution in [1.29, 1.82) is 0 Å². The third kappa shape index (κ3) is 7.34. The number of thioether (sulfide) groups is 16. The average Bonchev–Trinajstić information content (AvgIpc) is 3.82. The highest BCUT2D eigenvalue weighted by Crippen LogP contribution is 2.72. The molecule has 16 heteroatoms. The van der Waals surface area contributed by atoms with Gasteiger partial charge in [-0.15, -0.1) is 47.0 Å². The van der Waals surface area contributed by atoms with Crippen LogP contribution in [0.4, 0.5) is 0 Å². The van der Waals surface area contributed by atoms with Crippen molar-refractivity contribution in [3.63, 3.8) is 0 Å². The SMILES string of the molecule is CSC1=C(SC)SC(=C2SC3=C(SC(=Cc4ccc(C=C5SC6=C(S5)SC(=C5SC(SC)=C(SC)S5)S6)cc4)S3)S2)S1. The minimum atomic E-state index is 1.27. The predicted molar refractivity (Wildman–Crippen MR) is 230 cm³/mol. The van der Waals surface area contributed by atoms with Crippen LogP contribution in [0.25, 0.3) is 12.2 Å². The summed E-state index contributed by atoms with van der Waals surface area (Å²) in [5, 5.41) is 0. The molecule has 0 spiro atoms. The highest BCUT2D eigenvalue weighted by Gasteiger charge is 2.35. The lowest BCUT2D eigenvalue weighted by Gasteiger charge is -2.06. The van der Waals surface area contributed by atoms with Crippen LogP contribution in [0.1, 0.15) is 11.1 Å². The maximum absolute atomic E-state index is 2.34. The minimum Gasteiger partial charge on any atom is -0.121 e. The largest absolute Gasteiger partial charge is 0.121 e. The first kappa shape index (κ1) is 33.2. The zero-order valence-electron chi connectivity index (χ0n) is 22.0. The zero-order valence-corrected chi connectivity index (χ0v) is 35.1. The molecule has 0 nitrogen and oxygen atoms in total. The van der Waals surface area contributed by atoms with E-state index in [1.54, 1.807) is 0 Å². The van der Waals surface area contributed by atoms with Gasteiger partial charge in [-0.25, -0.2) is 0 Å². The Hall–Kier alpha value is 2.74. The van der Waals surface area contributed by atoms with Gasteiger partial charge in [-0.3, -0.25) is 0 Å². The molecule has 1 aromatic carbocycles. The number of benzene rings is 1. The molecule has 0 aliphatic carbocycles. The summed E-state index contributed by atoms with van der Waals surface area (Å²) in [5.41, 5.74) is 2.54. The standard InChI is InChI=1S/C26H18S16/c1-27-15-16(28-2)36-23(35-15)25-39-19-20(40-25)32-13(31-19)9-11-5-7-12(8-6-11)10-14-33-21-22(34-14)42-26(41-21)24-37-17(29-3)18(30-4)38-24/h5-10H,1-4H3. The van der Waals surface area contributed by atoms with Gasteiger partial charge in [-0.05, 0) is 48.3 Å². The molecule has 0 saturated heterocycles. The molecular weight excluding hydrogens is 825 g/mol. The molecule has 0 amide bonds. The summed E-state index contributed by atoms with van der Waals surface area (Å²) in [7, 11) is 0. The Morgan fingerprint density at radius 3 is 0.857 bits per heavy atom. The van der Waals surface area contributed by atoms with Crippen LogP contribution in [-0.4, -0.2) is 25.0 Å². The summed E-state index contributed by atoms with van der Waals surface area (Å²) in [6.07, 6.45) is 13.4. The highest BCUT2D eigenvalue weighted by molar-refractivity contribution is 8.51. The lowest BCUT2D eigenvalue weighted by molar-refractivity contribution is 1.62. The Morgan fingerprint density at radius 2 is 0.595 bits per heavy atom. The Labute approximate surface area is 315 Å².